The van der Waals surface area contributed by atoms with E-state index in [1.807, 2.05) is 6.07 Å². The zero-order valence-electron chi connectivity index (χ0n) is 9.95. The molecule has 19 heavy (non-hydrogen) atoms. The Bertz CT molecular complexity index is 638. The number of nitrogens with one attached hydrogen (secondary N) is 1. The SMILES string of the molecule is O=C1CCc2cc(C(Br)c3sccc3Br)ccc2N1. The number of halogens is 2. The second-order valence-electron chi connectivity index (χ2n) is 4.46. The molecule has 1 N–H and O–H groups in total. The summed E-state index contributed by atoms with van der Waals surface area (Å²) in [6.07, 6.45) is 1.40. The van der Waals surface area contributed by atoms with Crippen LogP contribution < -0.4 is 5.32 Å². The van der Waals surface area contributed by atoms with E-state index in [0.717, 1.165) is 16.6 Å². The number of benzene rings is 1. The quantitative estimate of drug-likeness (QED) is 0.715. The molecule has 2 heterocycles. The van der Waals surface area contributed by atoms with Crippen LogP contribution in [0.4, 0.5) is 5.69 Å². The minimum atomic E-state index is 0.108. The van der Waals surface area contributed by atoms with Gasteiger partial charge >= 0.3 is 0 Å². The van der Waals surface area contributed by atoms with Crippen molar-refractivity contribution < 1.29 is 4.79 Å². The lowest BCUT2D eigenvalue weighted by molar-refractivity contribution is -0.116. The first kappa shape index (κ1) is 13.3. The van der Waals surface area contributed by atoms with Crippen LogP contribution in [0.3, 0.4) is 0 Å². The van der Waals surface area contributed by atoms with Gasteiger partial charge in [-0.2, -0.15) is 0 Å². The number of thiophene rings is 1. The molecular formula is C14H11Br2NOS. The molecule has 1 aromatic heterocycles. The van der Waals surface area contributed by atoms with E-state index in [0.29, 0.717) is 6.42 Å². The maximum Gasteiger partial charge on any atom is 0.224 e. The Morgan fingerprint density at radius 1 is 1.26 bits per heavy atom. The summed E-state index contributed by atoms with van der Waals surface area (Å²) in [6, 6.07) is 8.31. The fraction of sp³-hybridized carbons (Fsp3) is 0.214. The first-order valence-corrected chi connectivity index (χ1v) is 8.53. The number of anilines is 1. The van der Waals surface area contributed by atoms with Crippen LogP contribution in [0.25, 0.3) is 0 Å². The predicted octanol–water partition coefficient (Wildman–Crippen LogP) is 4.88. The fourth-order valence-electron chi connectivity index (χ4n) is 2.20. The highest BCUT2D eigenvalue weighted by Crippen LogP contribution is 2.40. The Morgan fingerprint density at radius 3 is 2.84 bits per heavy atom. The standard InChI is InChI=1S/C14H11Br2NOS/c15-10-5-6-19-14(10)13(16)9-1-3-11-8(7-9)2-4-12(18)17-11/h1,3,5-7,13H,2,4H2,(H,17,18). The third-order valence-corrected chi connectivity index (χ3v) is 6.42. The number of carbonyl (C=O) groups excluding carboxylic acids is 1. The zero-order valence-corrected chi connectivity index (χ0v) is 13.9. The fourth-order valence-corrected chi connectivity index (χ4v) is 4.96. The van der Waals surface area contributed by atoms with Crippen molar-refractivity contribution in [2.45, 2.75) is 17.7 Å². The van der Waals surface area contributed by atoms with Gasteiger partial charge in [0.25, 0.3) is 0 Å². The largest absolute Gasteiger partial charge is 0.326 e. The van der Waals surface area contributed by atoms with Gasteiger partial charge in [0.1, 0.15) is 0 Å². The van der Waals surface area contributed by atoms with Crippen molar-refractivity contribution in [2.24, 2.45) is 0 Å². The molecule has 1 aliphatic heterocycles. The van der Waals surface area contributed by atoms with Crippen molar-refractivity contribution in [3.8, 4) is 0 Å². The summed E-state index contributed by atoms with van der Waals surface area (Å²) in [6.45, 7) is 0. The normalized spacial score (nSPS) is 15.8. The molecule has 3 rings (SSSR count). The molecule has 98 valence electrons. The van der Waals surface area contributed by atoms with Crippen LogP contribution in [0.2, 0.25) is 0 Å². The van der Waals surface area contributed by atoms with Gasteiger partial charge in [-0.05, 0) is 51.0 Å². The van der Waals surface area contributed by atoms with E-state index in [-0.39, 0.29) is 10.7 Å². The average molecular weight is 401 g/mol. The molecule has 1 unspecified atom stereocenters. The van der Waals surface area contributed by atoms with Crippen LogP contribution in [-0.4, -0.2) is 5.91 Å². The van der Waals surface area contributed by atoms with Crippen molar-refractivity contribution in [3.63, 3.8) is 0 Å². The molecule has 2 aromatic rings. The summed E-state index contributed by atoms with van der Waals surface area (Å²) in [5.41, 5.74) is 3.39. The highest BCUT2D eigenvalue weighted by molar-refractivity contribution is 9.11. The summed E-state index contributed by atoms with van der Waals surface area (Å²) in [7, 11) is 0. The third kappa shape index (κ3) is 2.64. The topological polar surface area (TPSA) is 29.1 Å². The summed E-state index contributed by atoms with van der Waals surface area (Å²) in [5.74, 6) is 0.108. The van der Waals surface area contributed by atoms with E-state index in [1.54, 1.807) is 11.3 Å². The maximum atomic E-state index is 11.4. The number of aryl methyl sites for hydroxylation is 1. The van der Waals surface area contributed by atoms with Crippen molar-refractivity contribution in [1.29, 1.82) is 0 Å². The summed E-state index contributed by atoms with van der Waals surface area (Å²) in [5, 5.41) is 4.99. The van der Waals surface area contributed by atoms with Crippen LogP contribution in [0, 0.1) is 0 Å². The van der Waals surface area contributed by atoms with Gasteiger partial charge in [0.2, 0.25) is 5.91 Å². The molecule has 1 aliphatic rings. The lowest BCUT2D eigenvalue weighted by atomic mass is 9.99. The molecule has 0 bridgehead atoms. The highest BCUT2D eigenvalue weighted by Gasteiger charge is 2.19. The minimum Gasteiger partial charge on any atom is -0.326 e. The number of hydrogen-bond donors (Lipinski definition) is 1. The van der Waals surface area contributed by atoms with Gasteiger partial charge in [0.15, 0.2) is 0 Å². The lowest BCUT2D eigenvalue weighted by Gasteiger charge is -2.19. The number of fused-ring (bicyclic) bond motifs is 1. The monoisotopic (exact) mass is 399 g/mol. The predicted molar refractivity (Wildman–Crippen MR) is 86.2 cm³/mol. The van der Waals surface area contributed by atoms with E-state index in [4.69, 9.17) is 0 Å². The third-order valence-electron chi connectivity index (χ3n) is 3.19. The summed E-state index contributed by atoms with van der Waals surface area (Å²) < 4.78 is 1.13. The molecule has 0 saturated heterocycles. The molecule has 1 amide bonds. The molecule has 0 fully saturated rings. The van der Waals surface area contributed by atoms with Gasteiger partial charge in [0, 0.05) is 21.5 Å². The van der Waals surface area contributed by atoms with Gasteiger partial charge in [-0.1, -0.05) is 28.1 Å². The molecule has 5 heteroatoms. The van der Waals surface area contributed by atoms with Crippen LogP contribution in [-0.2, 0) is 11.2 Å². The van der Waals surface area contributed by atoms with Gasteiger partial charge in [-0.15, -0.1) is 11.3 Å². The van der Waals surface area contributed by atoms with Gasteiger partial charge in [-0.25, -0.2) is 0 Å². The Balaban J connectivity index is 1.94. The summed E-state index contributed by atoms with van der Waals surface area (Å²) in [4.78, 5) is 12.8. The average Bonchev–Trinajstić information content (AvgIpc) is 2.83. The lowest BCUT2D eigenvalue weighted by Crippen LogP contribution is -2.19. The Hall–Kier alpha value is -0.650. The molecule has 2 nitrogen and oxygen atoms in total. The van der Waals surface area contributed by atoms with Crippen molar-refractivity contribution in [3.05, 3.63) is 50.1 Å². The zero-order chi connectivity index (χ0) is 13.4. The minimum absolute atomic E-state index is 0.108. The van der Waals surface area contributed by atoms with E-state index in [9.17, 15) is 4.79 Å². The molecule has 0 radical (unpaired) electrons. The Morgan fingerprint density at radius 2 is 2.11 bits per heavy atom. The van der Waals surface area contributed by atoms with Crippen molar-refractivity contribution >= 4 is 54.8 Å². The van der Waals surface area contributed by atoms with Crippen LogP contribution >= 0.6 is 43.2 Å². The highest BCUT2D eigenvalue weighted by atomic mass is 79.9. The maximum absolute atomic E-state index is 11.4. The first-order valence-electron chi connectivity index (χ1n) is 5.95. The number of hydrogen-bond acceptors (Lipinski definition) is 2. The molecule has 1 aromatic carbocycles. The van der Waals surface area contributed by atoms with Gasteiger partial charge < -0.3 is 5.32 Å². The van der Waals surface area contributed by atoms with Crippen LogP contribution in [0.15, 0.2) is 34.1 Å². The van der Waals surface area contributed by atoms with Gasteiger partial charge in [0.05, 0.1) is 4.83 Å². The van der Waals surface area contributed by atoms with Crippen LogP contribution in [0.5, 0.6) is 0 Å². The van der Waals surface area contributed by atoms with Crippen molar-refractivity contribution in [1.82, 2.24) is 0 Å². The molecule has 0 saturated carbocycles. The van der Waals surface area contributed by atoms with E-state index >= 15 is 0 Å². The smallest absolute Gasteiger partial charge is 0.224 e. The molecule has 1 atom stereocenters. The summed E-state index contributed by atoms with van der Waals surface area (Å²) >= 11 is 9.05. The number of amides is 1. The molecular weight excluding hydrogens is 390 g/mol. The number of rotatable bonds is 2. The second kappa shape index (κ2) is 5.38. The Kier molecular flexibility index (Phi) is 3.78. The molecule has 0 spiro atoms. The Labute approximate surface area is 132 Å². The van der Waals surface area contributed by atoms with E-state index in [1.165, 1.54) is 16.0 Å². The van der Waals surface area contributed by atoms with Crippen molar-refractivity contribution in [2.75, 3.05) is 5.32 Å². The van der Waals surface area contributed by atoms with Crippen LogP contribution in [0.1, 0.15) is 27.3 Å². The second-order valence-corrected chi connectivity index (χ2v) is 7.18. The van der Waals surface area contributed by atoms with Gasteiger partial charge in [-0.3, -0.25) is 4.79 Å². The number of carbonyl (C=O) groups is 1. The first-order chi connectivity index (χ1) is 9.15. The van der Waals surface area contributed by atoms with E-state index in [2.05, 4.69) is 60.8 Å². The number of alkyl halides is 1. The molecule has 0 aliphatic carbocycles. The van der Waals surface area contributed by atoms with E-state index < -0.39 is 0 Å².